The minimum atomic E-state index is 0.359. The fraction of sp³-hybridized carbons (Fsp3) is 0.100. The molecule has 0 aliphatic heterocycles. The van der Waals surface area contributed by atoms with Crippen molar-refractivity contribution in [3.05, 3.63) is 76.9 Å². The number of phenols is 1. The monoisotopic (exact) mass is 274 g/mol. The Bertz CT molecular complexity index is 828. The normalized spacial score (nSPS) is 11.3. The largest absolute Gasteiger partial charge is 0.507 e. The summed E-state index contributed by atoms with van der Waals surface area (Å²) in [7, 11) is 0. The Morgan fingerprint density at radius 1 is 0.810 bits per heavy atom. The van der Waals surface area contributed by atoms with Gasteiger partial charge in [-0.25, -0.2) is 0 Å². The van der Waals surface area contributed by atoms with E-state index in [9.17, 15) is 5.11 Å². The second-order valence-electron chi connectivity index (χ2n) is 5.46. The summed E-state index contributed by atoms with van der Waals surface area (Å²) in [5.41, 5.74) is 4.06. The van der Waals surface area contributed by atoms with E-state index in [2.05, 4.69) is 30.3 Å². The van der Waals surface area contributed by atoms with Crippen LogP contribution in [0.15, 0.2) is 54.6 Å². The lowest BCUT2D eigenvalue weighted by molar-refractivity contribution is 0.469. The molecule has 0 aliphatic rings. The number of aryl methyl sites for hydroxylation is 2. The van der Waals surface area contributed by atoms with Gasteiger partial charge in [0.05, 0.1) is 0 Å². The van der Waals surface area contributed by atoms with E-state index in [0.29, 0.717) is 5.75 Å². The summed E-state index contributed by atoms with van der Waals surface area (Å²) >= 11 is 0. The Morgan fingerprint density at radius 3 is 2.38 bits per heavy atom. The van der Waals surface area contributed by atoms with E-state index in [0.717, 1.165) is 22.3 Å². The summed E-state index contributed by atoms with van der Waals surface area (Å²) < 4.78 is 0. The Morgan fingerprint density at radius 2 is 1.57 bits per heavy atom. The second-order valence-corrected chi connectivity index (χ2v) is 5.46. The van der Waals surface area contributed by atoms with Crippen molar-refractivity contribution in [2.45, 2.75) is 13.8 Å². The summed E-state index contributed by atoms with van der Waals surface area (Å²) in [6.45, 7) is 3.97. The number of fused-ring (bicyclic) bond motifs is 1. The molecule has 0 amide bonds. The number of rotatable bonds is 2. The van der Waals surface area contributed by atoms with Gasteiger partial charge in [0, 0.05) is 5.56 Å². The lowest BCUT2D eigenvalue weighted by Gasteiger charge is -2.05. The standard InChI is InChI=1S/C20H18O/c1-14-11-15(2)20(21)19(12-14)10-8-16-7-9-17-5-3-4-6-18(17)13-16/h3-13,21H,1-2H3/b10-8+. The summed E-state index contributed by atoms with van der Waals surface area (Å²) in [4.78, 5) is 0. The van der Waals surface area contributed by atoms with Crippen LogP contribution in [0, 0.1) is 13.8 Å². The average molecular weight is 274 g/mol. The Labute approximate surface area is 125 Å². The molecule has 0 fully saturated rings. The lowest BCUT2D eigenvalue weighted by Crippen LogP contribution is -1.83. The van der Waals surface area contributed by atoms with Crippen LogP contribution in [0.2, 0.25) is 0 Å². The highest BCUT2D eigenvalue weighted by molar-refractivity contribution is 5.86. The van der Waals surface area contributed by atoms with Crippen molar-refractivity contribution < 1.29 is 5.11 Å². The molecule has 0 radical (unpaired) electrons. The third-order valence-electron chi connectivity index (χ3n) is 3.70. The Kier molecular flexibility index (Phi) is 3.49. The number of benzene rings is 3. The van der Waals surface area contributed by atoms with Gasteiger partial charge in [0.15, 0.2) is 0 Å². The topological polar surface area (TPSA) is 20.2 Å². The van der Waals surface area contributed by atoms with Gasteiger partial charge >= 0.3 is 0 Å². The lowest BCUT2D eigenvalue weighted by atomic mass is 10.0. The van der Waals surface area contributed by atoms with Gasteiger partial charge in [0.25, 0.3) is 0 Å². The molecule has 21 heavy (non-hydrogen) atoms. The summed E-state index contributed by atoms with van der Waals surface area (Å²) in [5, 5.41) is 12.6. The van der Waals surface area contributed by atoms with Crippen LogP contribution < -0.4 is 0 Å². The summed E-state index contributed by atoms with van der Waals surface area (Å²) in [5.74, 6) is 0.359. The third kappa shape index (κ3) is 2.82. The second kappa shape index (κ2) is 5.45. The molecule has 1 heteroatoms. The van der Waals surface area contributed by atoms with E-state index in [4.69, 9.17) is 0 Å². The number of aromatic hydroxyl groups is 1. The number of hydrogen-bond donors (Lipinski definition) is 1. The van der Waals surface area contributed by atoms with Crippen molar-refractivity contribution in [3.63, 3.8) is 0 Å². The van der Waals surface area contributed by atoms with Gasteiger partial charge < -0.3 is 5.11 Å². The summed E-state index contributed by atoms with van der Waals surface area (Å²) in [6, 6.07) is 18.7. The van der Waals surface area contributed by atoms with Gasteiger partial charge in [-0.1, -0.05) is 60.2 Å². The van der Waals surface area contributed by atoms with E-state index in [1.165, 1.54) is 10.8 Å². The average Bonchev–Trinajstić information content (AvgIpc) is 2.49. The van der Waals surface area contributed by atoms with Crippen LogP contribution in [0.25, 0.3) is 22.9 Å². The first kappa shape index (κ1) is 13.4. The van der Waals surface area contributed by atoms with E-state index < -0.39 is 0 Å². The van der Waals surface area contributed by atoms with E-state index in [1.54, 1.807) is 0 Å². The SMILES string of the molecule is Cc1cc(C)c(O)c(/C=C/c2ccc3ccccc3c2)c1. The van der Waals surface area contributed by atoms with Crippen molar-refractivity contribution >= 4 is 22.9 Å². The fourth-order valence-electron chi connectivity index (χ4n) is 2.62. The summed E-state index contributed by atoms with van der Waals surface area (Å²) in [6.07, 6.45) is 4.01. The van der Waals surface area contributed by atoms with Crippen LogP contribution in [0.1, 0.15) is 22.3 Å². The van der Waals surface area contributed by atoms with Crippen molar-refractivity contribution in [2.24, 2.45) is 0 Å². The zero-order chi connectivity index (χ0) is 14.8. The predicted octanol–water partition coefficient (Wildman–Crippen LogP) is 5.33. The van der Waals surface area contributed by atoms with E-state index in [-0.39, 0.29) is 0 Å². The first-order chi connectivity index (χ1) is 10.1. The zero-order valence-corrected chi connectivity index (χ0v) is 12.3. The molecule has 1 nitrogen and oxygen atoms in total. The third-order valence-corrected chi connectivity index (χ3v) is 3.70. The van der Waals surface area contributed by atoms with Crippen LogP contribution in [-0.2, 0) is 0 Å². The molecule has 0 bridgehead atoms. The molecular formula is C20H18O. The predicted molar refractivity (Wildman–Crippen MR) is 90.5 cm³/mol. The molecular weight excluding hydrogens is 256 g/mol. The highest BCUT2D eigenvalue weighted by atomic mass is 16.3. The molecule has 0 saturated carbocycles. The maximum absolute atomic E-state index is 10.1. The van der Waals surface area contributed by atoms with Crippen LogP contribution in [0.4, 0.5) is 0 Å². The molecule has 104 valence electrons. The first-order valence-electron chi connectivity index (χ1n) is 7.10. The Hall–Kier alpha value is -2.54. The quantitative estimate of drug-likeness (QED) is 0.626. The molecule has 1 N–H and O–H groups in total. The van der Waals surface area contributed by atoms with E-state index in [1.807, 2.05) is 50.3 Å². The van der Waals surface area contributed by atoms with Crippen molar-refractivity contribution in [3.8, 4) is 5.75 Å². The first-order valence-corrected chi connectivity index (χ1v) is 7.10. The maximum Gasteiger partial charge on any atom is 0.125 e. The molecule has 0 unspecified atom stereocenters. The molecule has 0 aromatic heterocycles. The van der Waals surface area contributed by atoms with Crippen LogP contribution >= 0.6 is 0 Å². The molecule has 0 saturated heterocycles. The minimum absolute atomic E-state index is 0.359. The van der Waals surface area contributed by atoms with Gasteiger partial charge in [-0.05, 0) is 47.9 Å². The zero-order valence-electron chi connectivity index (χ0n) is 12.3. The molecule has 3 aromatic rings. The van der Waals surface area contributed by atoms with Crippen molar-refractivity contribution in [2.75, 3.05) is 0 Å². The van der Waals surface area contributed by atoms with Gasteiger partial charge in [0.1, 0.15) is 5.75 Å². The van der Waals surface area contributed by atoms with Gasteiger partial charge in [-0.2, -0.15) is 0 Å². The molecule has 0 spiro atoms. The molecule has 3 aromatic carbocycles. The Balaban J connectivity index is 1.98. The fourth-order valence-corrected chi connectivity index (χ4v) is 2.62. The number of phenolic OH excluding ortho intramolecular Hbond substituents is 1. The maximum atomic E-state index is 10.1. The molecule has 0 atom stereocenters. The van der Waals surface area contributed by atoms with Gasteiger partial charge in [-0.3, -0.25) is 0 Å². The van der Waals surface area contributed by atoms with Crippen molar-refractivity contribution in [1.82, 2.24) is 0 Å². The molecule has 0 heterocycles. The van der Waals surface area contributed by atoms with E-state index >= 15 is 0 Å². The van der Waals surface area contributed by atoms with Crippen LogP contribution in [-0.4, -0.2) is 5.11 Å². The van der Waals surface area contributed by atoms with Crippen LogP contribution in [0.3, 0.4) is 0 Å². The molecule has 3 rings (SSSR count). The van der Waals surface area contributed by atoms with Crippen molar-refractivity contribution in [1.29, 1.82) is 0 Å². The minimum Gasteiger partial charge on any atom is -0.507 e. The van der Waals surface area contributed by atoms with Gasteiger partial charge in [-0.15, -0.1) is 0 Å². The number of hydrogen-bond acceptors (Lipinski definition) is 1. The highest BCUT2D eigenvalue weighted by Crippen LogP contribution is 2.26. The highest BCUT2D eigenvalue weighted by Gasteiger charge is 2.02. The molecule has 0 aliphatic carbocycles. The van der Waals surface area contributed by atoms with Crippen LogP contribution in [0.5, 0.6) is 5.75 Å². The smallest absolute Gasteiger partial charge is 0.125 e. The van der Waals surface area contributed by atoms with Gasteiger partial charge in [0.2, 0.25) is 0 Å².